The molecule has 0 atom stereocenters. The van der Waals surface area contributed by atoms with Crippen LogP contribution < -0.4 is 14.2 Å². The monoisotopic (exact) mass is 481 g/mol. The van der Waals surface area contributed by atoms with Crippen LogP contribution in [0.1, 0.15) is 27.6 Å². The third-order valence-electron chi connectivity index (χ3n) is 5.30. The Morgan fingerprint density at radius 2 is 1.88 bits per heavy atom. The van der Waals surface area contributed by atoms with Crippen molar-refractivity contribution in [1.29, 1.82) is 0 Å². The van der Waals surface area contributed by atoms with Crippen LogP contribution in [0.25, 0.3) is 5.69 Å². The molecule has 0 fully saturated rings. The van der Waals surface area contributed by atoms with Gasteiger partial charge in [0.1, 0.15) is 11.6 Å². The van der Waals surface area contributed by atoms with E-state index in [2.05, 4.69) is 10.2 Å². The molecule has 0 saturated heterocycles. The van der Waals surface area contributed by atoms with Crippen molar-refractivity contribution in [2.24, 2.45) is 0 Å². The molecule has 0 aliphatic carbocycles. The first-order valence-electron chi connectivity index (χ1n) is 10.4. The molecule has 4 aromatic rings. The van der Waals surface area contributed by atoms with Gasteiger partial charge in [-0.15, -0.1) is 10.2 Å². The van der Waals surface area contributed by atoms with Gasteiger partial charge in [-0.1, -0.05) is 11.8 Å². The number of Topliss-reactive ketones (excluding diaryl/α,β-unsaturated/α-hetero) is 1. The van der Waals surface area contributed by atoms with Crippen molar-refractivity contribution in [1.82, 2.24) is 14.8 Å². The number of rotatable bonds is 8. The van der Waals surface area contributed by atoms with Crippen molar-refractivity contribution >= 4 is 17.5 Å². The summed E-state index contributed by atoms with van der Waals surface area (Å²) in [5.41, 5.74) is 3.29. The number of carbonyl (C=O) groups excluding carboxylic acids is 1. The van der Waals surface area contributed by atoms with Crippen molar-refractivity contribution < 1.29 is 27.8 Å². The molecule has 2 aromatic carbocycles. The summed E-state index contributed by atoms with van der Waals surface area (Å²) in [4.78, 5) is 12.9. The fourth-order valence-electron chi connectivity index (χ4n) is 3.70. The molecule has 0 unspecified atom stereocenters. The first kappa shape index (κ1) is 22.0. The van der Waals surface area contributed by atoms with Crippen LogP contribution in [0.3, 0.4) is 0 Å². The van der Waals surface area contributed by atoms with Gasteiger partial charge in [0.15, 0.2) is 23.9 Å². The number of halogens is 1. The summed E-state index contributed by atoms with van der Waals surface area (Å²) in [5, 5.41) is 8.16. The molecule has 3 heterocycles. The van der Waals surface area contributed by atoms with Crippen LogP contribution >= 0.6 is 11.8 Å². The van der Waals surface area contributed by atoms with Gasteiger partial charge in [-0.25, -0.2) is 4.39 Å². The van der Waals surface area contributed by atoms with E-state index in [1.165, 1.54) is 24.3 Å². The molecule has 174 valence electrons. The van der Waals surface area contributed by atoms with Crippen LogP contribution in [-0.2, 0) is 6.61 Å². The van der Waals surface area contributed by atoms with E-state index < -0.39 is 0 Å². The minimum Gasteiger partial charge on any atom is -0.484 e. The molecule has 34 heavy (non-hydrogen) atoms. The van der Waals surface area contributed by atoms with Gasteiger partial charge < -0.3 is 23.2 Å². The molecule has 1 aliphatic rings. The Kier molecular flexibility index (Phi) is 5.97. The Morgan fingerprint density at radius 3 is 2.71 bits per heavy atom. The maximum absolute atomic E-state index is 13.0. The number of aromatic nitrogens is 3. The highest BCUT2D eigenvalue weighted by Gasteiger charge is 2.20. The van der Waals surface area contributed by atoms with E-state index in [-0.39, 0.29) is 41.9 Å². The molecule has 10 heteroatoms. The van der Waals surface area contributed by atoms with Crippen LogP contribution in [0.5, 0.6) is 17.2 Å². The summed E-state index contributed by atoms with van der Waals surface area (Å²) in [6.07, 6.45) is 0. The largest absolute Gasteiger partial charge is 0.484 e. The van der Waals surface area contributed by atoms with Crippen LogP contribution in [0, 0.1) is 19.7 Å². The number of carbonyl (C=O) groups is 1. The number of benzene rings is 2. The first-order chi connectivity index (χ1) is 16.5. The zero-order valence-corrected chi connectivity index (χ0v) is 19.2. The summed E-state index contributed by atoms with van der Waals surface area (Å²) < 4.78 is 36.9. The van der Waals surface area contributed by atoms with Crippen molar-refractivity contribution in [2.45, 2.75) is 25.7 Å². The fraction of sp³-hybridized carbons (Fsp3) is 0.208. The Morgan fingerprint density at radius 1 is 1.09 bits per heavy atom. The van der Waals surface area contributed by atoms with Crippen molar-refractivity contribution in [3.8, 4) is 22.9 Å². The third-order valence-corrected chi connectivity index (χ3v) is 6.12. The second-order valence-corrected chi connectivity index (χ2v) is 8.50. The molecular weight excluding hydrogens is 461 g/mol. The Hall–Kier alpha value is -3.79. The number of ketones is 1. The van der Waals surface area contributed by atoms with E-state index in [0.29, 0.717) is 22.8 Å². The van der Waals surface area contributed by atoms with Gasteiger partial charge in [0, 0.05) is 28.7 Å². The maximum Gasteiger partial charge on any atom is 0.277 e. The second kappa shape index (κ2) is 9.22. The number of aryl methyl sites for hydroxylation is 1. The first-order valence-corrected chi connectivity index (χ1v) is 11.4. The van der Waals surface area contributed by atoms with Gasteiger partial charge in [-0.2, -0.15) is 0 Å². The smallest absolute Gasteiger partial charge is 0.277 e. The highest BCUT2D eigenvalue weighted by atomic mass is 32.2. The van der Waals surface area contributed by atoms with Gasteiger partial charge in [-0.3, -0.25) is 4.79 Å². The molecule has 0 spiro atoms. The minimum absolute atomic E-state index is 0.0455. The normalized spacial score (nSPS) is 12.2. The summed E-state index contributed by atoms with van der Waals surface area (Å²) in [6, 6.07) is 13.2. The molecule has 8 nitrogen and oxygen atoms in total. The molecule has 0 N–H and O–H groups in total. The van der Waals surface area contributed by atoms with Gasteiger partial charge in [0.05, 0.1) is 5.75 Å². The van der Waals surface area contributed by atoms with Crippen LogP contribution in [0.2, 0.25) is 0 Å². The molecule has 0 saturated carbocycles. The molecular formula is C24H20FN3O5S. The number of thioether (sulfide) groups is 1. The number of fused-ring (bicyclic) bond motifs is 1. The predicted molar refractivity (Wildman–Crippen MR) is 121 cm³/mol. The lowest BCUT2D eigenvalue weighted by atomic mass is 10.2. The number of hydrogen-bond donors (Lipinski definition) is 0. The van der Waals surface area contributed by atoms with Crippen LogP contribution in [-0.4, -0.2) is 33.1 Å². The average molecular weight is 482 g/mol. The highest BCUT2D eigenvalue weighted by molar-refractivity contribution is 7.99. The molecule has 1 aliphatic heterocycles. The number of nitrogens with zero attached hydrogens (tertiary/aromatic N) is 3. The second-order valence-electron chi connectivity index (χ2n) is 7.57. The van der Waals surface area contributed by atoms with Crippen molar-refractivity contribution in [2.75, 3.05) is 12.5 Å². The third kappa shape index (κ3) is 4.49. The van der Waals surface area contributed by atoms with Gasteiger partial charge in [0.25, 0.3) is 11.1 Å². The highest BCUT2D eigenvalue weighted by Crippen LogP contribution is 2.35. The maximum atomic E-state index is 13.0. The zero-order valence-electron chi connectivity index (χ0n) is 18.4. The SMILES string of the molecule is Cc1cc(C(=O)CSc2nnc(COc3ccc(F)cc3)o2)c(C)n1-c1ccc2c(c1)OCO2. The topological polar surface area (TPSA) is 88.6 Å². The molecule has 0 amide bonds. The van der Waals surface area contributed by atoms with Gasteiger partial charge >= 0.3 is 0 Å². The van der Waals surface area contributed by atoms with E-state index in [4.69, 9.17) is 18.6 Å². The summed E-state index contributed by atoms with van der Waals surface area (Å²) >= 11 is 1.16. The summed E-state index contributed by atoms with van der Waals surface area (Å²) in [6.45, 7) is 4.11. The lowest BCUT2D eigenvalue weighted by Crippen LogP contribution is -2.05. The van der Waals surface area contributed by atoms with E-state index in [9.17, 15) is 9.18 Å². The lowest BCUT2D eigenvalue weighted by molar-refractivity contribution is 0.102. The molecule has 2 aromatic heterocycles. The van der Waals surface area contributed by atoms with Gasteiger partial charge in [0.2, 0.25) is 6.79 Å². The number of ether oxygens (including phenoxy) is 3. The zero-order chi connectivity index (χ0) is 23.7. The predicted octanol–water partition coefficient (Wildman–Crippen LogP) is 4.90. The van der Waals surface area contributed by atoms with E-state index in [1.54, 1.807) is 0 Å². The fourth-order valence-corrected chi connectivity index (χ4v) is 4.37. The molecule has 0 radical (unpaired) electrons. The quantitative estimate of drug-likeness (QED) is 0.259. The van der Waals surface area contributed by atoms with E-state index in [1.807, 2.05) is 42.7 Å². The number of hydrogen-bond acceptors (Lipinski definition) is 8. The summed E-state index contributed by atoms with van der Waals surface area (Å²) in [7, 11) is 0. The summed E-state index contributed by atoms with van der Waals surface area (Å²) in [5.74, 6) is 1.90. The van der Waals surface area contributed by atoms with Crippen LogP contribution in [0.15, 0.2) is 58.2 Å². The van der Waals surface area contributed by atoms with Gasteiger partial charge in [-0.05, 0) is 56.3 Å². The Bertz CT molecular complexity index is 1350. The van der Waals surface area contributed by atoms with Crippen molar-refractivity contribution in [3.05, 3.63) is 77.2 Å². The van der Waals surface area contributed by atoms with E-state index >= 15 is 0 Å². The lowest BCUT2D eigenvalue weighted by Gasteiger charge is -2.10. The van der Waals surface area contributed by atoms with E-state index in [0.717, 1.165) is 28.8 Å². The minimum atomic E-state index is -0.342. The molecule has 0 bridgehead atoms. The van der Waals surface area contributed by atoms with Crippen LogP contribution in [0.4, 0.5) is 4.39 Å². The van der Waals surface area contributed by atoms with Crippen molar-refractivity contribution in [3.63, 3.8) is 0 Å². The Balaban J connectivity index is 1.22. The standard InChI is InChI=1S/C24H20FN3O5S/c1-14-9-19(15(2)28(14)17-5-8-21-22(10-17)32-13-31-21)20(29)12-34-24-27-26-23(33-24)11-30-18-6-3-16(25)4-7-18/h3-10H,11-13H2,1-2H3. The Labute approximate surface area is 198 Å². The average Bonchev–Trinajstić information content (AvgIpc) is 3.55. The molecule has 5 rings (SSSR count).